The summed E-state index contributed by atoms with van der Waals surface area (Å²) in [5.41, 5.74) is 10.4. The molecule has 0 aromatic heterocycles. The van der Waals surface area contributed by atoms with Gasteiger partial charge in [-0.1, -0.05) is 126 Å². The van der Waals surface area contributed by atoms with Gasteiger partial charge in [0, 0.05) is 0 Å². The van der Waals surface area contributed by atoms with Crippen LogP contribution in [0.25, 0.3) is 11.1 Å². The first kappa shape index (κ1) is 38.5. The van der Waals surface area contributed by atoms with E-state index in [0.717, 1.165) is 69.8 Å². The van der Waals surface area contributed by atoms with Crippen molar-refractivity contribution in [3.8, 4) is 16.9 Å². The minimum absolute atomic E-state index is 0.0790. The largest absolute Gasteiger partial charge is 0.459 e. The molecular formula is C49H60O4. The van der Waals surface area contributed by atoms with Crippen LogP contribution in [0.15, 0.2) is 84.9 Å². The van der Waals surface area contributed by atoms with E-state index >= 15 is 0 Å². The number of carbonyl (C=O) groups excluding carboxylic acids is 2. The maximum atomic E-state index is 13.7. The Labute approximate surface area is 318 Å². The van der Waals surface area contributed by atoms with Crippen molar-refractivity contribution in [2.45, 2.75) is 136 Å². The van der Waals surface area contributed by atoms with Crippen molar-refractivity contribution >= 4 is 11.9 Å². The number of carbonyl (C=O) groups is 2. The Morgan fingerprint density at radius 2 is 1.13 bits per heavy atom. The van der Waals surface area contributed by atoms with Crippen LogP contribution >= 0.6 is 0 Å². The van der Waals surface area contributed by atoms with Crippen LogP contribution in [-0.2, 0) is 25.2 Å². The summed E-state index contributed by atoms with van der Waals surface area (Å²) in [4.78, 5) is 26.7. The summed E-state index contributed by atoms with van der Waals surface area (Å²) >= 11 is 0. The maximum Gasteiger partial charge on any atom is 0.314 e. The van der Waals surface area contributed by atoms with Crippen LogP contribution in [0, 0.1) is 25.7 Å². The molecule has 2 aliphatic rings. The molecule has 1 saturated carbocycles. The molecule has 0 unspecified atom stereocenters. The Balaban J connectivity index is 1.29. The van der Waals surface area contributed by atoms with Gasteiger partial charge in [-0.2, -0.15) is 0 Å². The van der Waals surface area contributed by atoms with Gasteiger partial charge in [-0.15, -0.1) is 0 Å². The minimum Gasteiger partial charge on any atom is -0.459 e. The van der Waals surface area contributed by atoms with E-state index in [0.29, 0.717) is 5.75 Å². The third-order valence-electron chi connectivity index (χ3n) is 13.4. The highest BCUT2D eigenvalue weighted by Crippen LogP contribution is 2.56. The van der Waals surface area contributed by atoms with Crippen LogP contribution in [0.4, 0.5) is 0 Å². The Morgan fingerprint density at radius 3 is 1.62 bits per heavy atom. The summed E-state index contributed by atoms with van der Waals surface area (Å²) < 4.78 is 12.2. The maximum absolute atomic E-state index is 13.7. The van der Waals surface area contributed by atoms with Gasteiger partial charge >= 0.3 is 11.9 Å². The van der Waals surface area contributed by atoms with Gasteiger partial charge in [0.1, 0.15) is 11.4 Å². The lowest BCUT2D eigenvalue weighted by molar-refractivity contribution is -0.164. The summed E-state index contributed by atoms with van der Waals surface area (Å²) in [5.74, 6) is 0.0909. The van der Waals surface area contributed by atoms with E-state index in [1.807, 2.05) is 13.0 Å². The van der Waals surface area contributed by atoms with Gasteiger partial charge in [0.25, 0.3) is 0 Å². The number of esters is 2. The highest BCUT2D eigenvalue weighted by molar-refractivity contribution is 5.86. The summed E-state index contributed by atoms with van der Waals surface area (Å²) in [6.07, 6.45) is 8.36. The SMILES string of the molecule is CCC(C)(CC)OC(=O)C1CCCC(C(=O)Oc2ccc(C3(c4ccc(C(C)(CC)CC)c(C)c4)c4ccccc4-c4ccccc43)cc2C)CCC1. The van der Waals surface area contributed by atoms with E-state index in [2.05, 4.69) is 127 Å². The summed E-state index contributed by atoms with van der Waals surface area (Å²) in [6, 6.07) is 31.2. The van der Waals surface area contributed by atoms with Crippen LogP contribution in [0.3, 0.4) is 0 Å². The van der Waals surface area contributed by atoms with Gasteiger partial charge in [0.15, 0.2) is 0 Å². The van der Waals surface area contributed by atoms with Crippen molar-refractivity contribution in [2.24, 2.45) is 11.8 Å². The molecule has 4 heteroatoms. The molecule has 0 N–H and O–H groups in total. The second-order valence-electron chi connectivity index (χ2n) is 16.4. The molecule has 0 heterocycles. The Bertz CT molecular complexity index is 1890. The number of fused-ring (bicyclic) bond motifs is 3. The molecule has 4 aromatic rings. The lowest BCUT2D eigenvalue weighted by Gasteiger charge is -2.36. The standard InChI is InChI=1S/C49H60O4/c1-9-47(7,10-2)41-29-27-37(31-33(41)5)49(42-25-15-13-23-39(42)40-24-14-16-26-43(40)49)38-28-30-44(34(6)32-38)52-45(50)35-19-17-21-36(22-18-20-35)46(51)53-48(8,11-3)12-4/h13-16,23-32,35-36H,9-12,17-22H2,1-8H3. The van der Waals surface area contributed by atoms with Crippen LogP contribution in [0.2, 0.25) is 0 Å². The second kappa shape index (κ2) is 15.7. The molecule has 280 valence electrons. The third kappa shape index (κ3) is 7.11. The molecule has 0 bridgehead atoms. The van der Waals surface area contributed by atoms with Crippen molar-refractivity contribution < 1.29 is 19.1 Å². The predicted molar refractivity (Wildman–Crippen MR) is 217 cm³/mol. The topological polar surface area (TPSA) is 52.6 Å². The van der Waals surface area contributed by atoms with Gasteiger partial charge in [0.05, 0.1) is 17.3 Å². The van der Waals surface area contributed by atoms with E-state index in [9.17, 15) is 9.59 Å². The lowest BCUT2D eigenvalue weighted by atomic mass is 9.66. The average Bonchev–Trinajstić information content (AvgIpc) is 3.46. The Kier molecular flexibility index (Phi) is 11.4. The van der Waals surface area contributed by atoms with Gasteiger partial charge < -0.3 is 9.47 Å². The monoisotopic (exact) mass is 712 g/mol. The van der Waals surface area contributed by atoms with E-state index in [1.165, 1.54) is 44.5 Å². The molecule has 0 atom stereocenters. The number of aryl methyl sites for hydroxylation is 2. The van der Waals surface area contributed by atoms with E-state index in [-0.39, 0.29) is 29.2 Å². The van der Waals surface area contributed by atoms with Crippen LogP contribution in [0.1, 0.15) is 145 Å². The van der Waals surface area contributed by atoms with Gasteiger partial charge in [-0.25, -0.2) is 0 Å². The predicted octanol–water partition coefficient (Wildman–Crippen LogP) is 12.4. The number of ether oxygens (including phenoxy) is 2. The van der Waals surface area contributed by atoms with Crippen molar-refractivity contribution in [3.63, 3.8) is 0 Å². The quantitative estimate of drug-likeness (QED) is 0.101. The molecule has 1 fully saturated rings. The van der Waals surface area contributed by atoms with Gasteiger partial charge in [-0.05, 0) is 134 Å². The van der Waals surface area contributed by atoms with E-state index in [1.54, 1.807) is 0 Å². The number of hydrogen-bond acceptors (Lipinski definition) is 4. The van der Waals surface area contributed by atoms with Crippen molar-refractivity contribution in [1.82, 2.24) is 0 Å². The molecule has 0 spiro atoms. The molecule has 2 aliphatic carbocycles. The molecule has 53 heavy (non-hydrogen) atoms. The van der Waals surface area contributed by atoms with Gasteiger partial charge in [-0.3, -0.25) is 9.59 Å². The zero-order valence-electron chi connectivity index (χ0n) is 33.4. The first-order valence-electron chi connectivity index (χ1n) is 20.3. The fourth-order valence-corrected chi connectivity index (χ4v) is 9.12. The van der Waals surface area contributed by atoms with E-state index < -0.39 is 11.0 Å². The molecule has 6 rings (SSSR count). The van der Waals surface area contributed by atoms with Crippen molar-refractivity contribution in [3.05, 3.63) is 124 Å². The third-order valence-corrected chi connectivity index (χ3v) is 13.4. The first-order chi connectivity index (χ1) is 25.4. The zero-order valence-corrected chi connectivity index (χ0v) is 33.4. The molecule has 4 nitrogen and oxygen atoms in total. The fourth-order valence-electron chi connectivity index (χ4n) is 9.12. The van der Waals surface area contributed by atoms with Crippen LogP contribution in [-0.4, -0.2) is 17.5 Å². The first-order valence-corrected chi connectivity index (χ1v) is 20.3. The van der Waals surface area contributed by atoms with Crippen LogP contribution in [0.5, 0.6) is 5.75 Å². The smallest absolute Gasteiger partial charge is 0.314 e. The summed E-state index contributed by atoms with van der Waals surface area (Å²) in [7, 11) is 0. The summed E-state index contributed by atoms with van der Waals surface area (Å²) in [6.45, 7) is 17.5. The van der Waals surface area contributed by atoms with Crippen LogP contribution < -0.4 is 4.74 Å². The summed E-state index contributed by atoms with van der Waals surface area (Å²) in [5, 5.41) is 0. The molecule has 0 amide bonds. The normalized spacial score (nSPS) is 18.3. The average molecular weight is 713 g/mol. The number of benzene rings is 4. The number of rotatable bonds is 11. The molecule has 0 radical (unpaired) electrons. The lowest BCUT2D eigenvalue weighted by Crippen LogP contribution is -2.34. The Hall–Kier alpha value is -4.18. The highest BCUT2D eigenvalue weighted by atomic mass is 16.6. The van der Waals surface area contributed by atoms with Gasteiger partial charge in [0.2, 0.25) is 0 Å². The molecule has 0 aliphatic heterocycles. The van der Waals surface area contributed by atoms with Crippen molar-refractivity contribution in [1.29, 1.82) is 0 Å². The minimum atomic E-state index is -0.526. The zero-order chi connectivity index (χ0) is 38.0. The molecule has 4 aromatic carbocycles. The Morgan fingerprint density at radius 1 is 0.642 bits per heavy atom. The van der Waals surface area contributed by atoms with Crippen molar-refractivity contribution in [2.75, 3.05) is 0 Å². The second-order valence-corrected chi connectivity index (χ2v) is 16.4. The number of hydrogen-bond donors (Lipinski definition) is 0. The molecular weight excluding hydrogens is 653 g/mol. The van der Waals surface area contributed by atoms with E-state index in [4.69, 9.17) is 9.47 Å². The highest BCUT2D eigenvalue weighted by Gasteiger charge is 2.46. The fraction of sp³-hybridized carbons (Fsp3) is 0.469. The molecule has 0 saturated heterocycles.